The van der Waals surface area contributed by atoms with Gasteiger partial charge in [0.05, 0.1) is 4.90 Å². The molecule has 4 rings (SSSR count). The van der Waals surface area contributed by atoms with Gasteiger partial charge in [-0.05, 0) is 35.2 Å². The van der Waals surface area contributed by atoms with Crippen molar-refractivity contribution in [2.45, 2.75) is 30.6 Å². The van der Waals surface area contributed by atoms with Gasteiger partial charge >= 0.3 is 0 Å². The van der Waals surface area contributed by atoms with E-state index in [0.717, 1.165) is 11.1 Å². The molecule has 0 spiro atoms. The van der Waals surface area contributed by atoms with Crippen molar-refractivity contribution >= 4 is 10.0 Å². The number of sulfonamides is 1. The van der Waals surface area contributed by atoms with Crippen molar-refractivity contribution in [1.82, 2.24) is 10.1 Å². The molecular formula is C19H19N3O3S. The van der Waals surface area contributed by atoms with Gasteiger partial charge in [-0.15, -0.1) is 0 Å². The highest BCUT2D eigenvalue weighted by Crippen LogP contribution is 2.69. The van der Waals surface area contributed by atoms with Crippen molar-refractivity contribution < 1.29 is 12.9 Å². The van der Waals surface area contributed by atoms with Gasteiger partial charge in [0.2, 0.25) is 10.0 Å². The van der Waals surface area contributed by atoms with Gasteiger partial charge in [0.25, 0.3) is 5.89 Å². The van der Waals surface area contributed by atoms with E-state index in [1.165, 1.54) is 0 Å². The molecule has 0 saturated heterocycles. The van der Waals surface area contributed by atoms with Crippen LogP contribution in [-0.2, 0) is 10.0 Å². The lowest BCUT2D eigenvalue weighted by Gasteiger charge is -2.04. The van der Waals surface area contributed by atoms with E-state index in [4.69, 9.17) is 9.66 Å². The van der Waals surface area contributed by atoms with Gasteiger partial charge in [-0.25, -0.2) is 13.6 Å². The molecule has 1 aliphatic rings. The fraction of sp³-hybridized carbons (Fsp3) is 0.263. The Morgan fingerprint density at radius 1 is 1.00 bits per heavy atom. The Balaban J connectivity index is 1.62. The monoisotopic (exact) mass is 369 g/mol. The first-order valence-corrected chi connectivity index (χ1v) is 9.85. The van der Waals surface area contributed by atoms with Crippen molar-refractivity contribution in [2.75, 3.05) is 0 Å². The van der Waals surface area contributed by atoms with E-state index >= 15 is 0 Å². The highest BCUT2D eigenvalue weighted by molar-refractivity contribution is 7.89. The van der Waals surface area contributed by atoms with Crippen LogP contribution in [0.15, 0.2) is 64.0 Å². The molecule has 26 heavy (non-hydrogen) atoms. The minimum Gasteiger partial charge on any atom is -0.334 e. The predicted molar refractivity (Wildman–Crippen MR) is 96.8 cm³/mol. The number of hydrogen-bond donors (Lipinski definition) is 1. The third-order valence-electron chi connectivity index (χ3n) is 5.14. The van der Waals surface area contributed by atoms with Crippen molar-refractivity contribution in [3.05, 3.63) is 66.0 Å². The Hall–Kier alpha value is -2.51. The first-order valence-electron chi connectivity index (χ1n) is 8.30. The molecule has 0 amide bonds. The maximum Gasteiger partial charge on any atom is 0.257 e. The standard InChI is InChI=1S/C19H19N3O3S/c1-19(2)15(12-8-10-14(11-9-12)26(20,23)24)16(19)17-21-18(25-22-17)13-6-4-3-5-7-13/h3-11,15-16H,1-2H3,(H2,20,23,24)/t15-,16+/m0/s1. The second-order valence-corrected chi connectivity index (χ2v) is 8.78. The molecule has 1 aliphatic carbocycles. The molecule has 134 valence electrons. The van der Waals surface area contributed by atoms with E-state index in [1.54, 1.807) is 12.1 Å². The summed E-state index contributed by atoms with van der Waals surface area (Å²) in [4.78, 5) is 4.69. The van der Waals surface area contributed by atoms with Gasteiger partial charge in [0.15, 0.2) is 5.82 Å². The second-order valence-electron chi connectivity index (χ2n) is 7.21. The van der Waals surface area contributed by atoms with Crippen molar-refractivity contribution in [3.8, 4) is 11.5 Å². The zero-order valence-electron chi connectivity index (χ0n) is 14.5. The Bertz CT molecular complexity index is 1040. The highest BCUT2D eigenvalue weighted by atomic mass is 32.2. The molecule has 1 fully saturated rings. The Morgan fingerprint density at radius 3 is 2.27 bits per heavy atom. The van der Waals surface area contributed by atoms with Gasteiger partial charge in [-0.2, -0.15) is 4.98 Å². The number of primary sulfonamides is 1. The van der Waals surface area contributed by atoms with Crippen LogP contribution >= 0.6 is 0 Å². The first-order chi connectivity index (χ1) is 12.3. The summed E-state index contributed by atoms with van der Waals surface area (Å²) in [6.07, 6.45) is 0. The van der Waals surface area contributed by atoms with Crippen LogP contribution in [0.4, 0.5) is 0 Å². The summed E-state index contributed by atoms with van der Waals surface area (Å²) >= 11 is 0. The zero-order valence-corrected chi connectivity index (χ0v) is 15.3. The topological polar surface area (TPSA) is 99.1 Å². The molecule has 0 bridgehead atoms. The molecule has 1 heterocycles. The molecule has 0 radical (unpaired) electrons. The lowest BCUT2D eigenvalue weighted by atomic mass is 10.0. The number of benzene rings is 2. The molecule has 2 aromatic carbocycles. The third-order valence-corrected chi connectivity index (χ3v) is 6.06. The lowest BCUT2D eigenvalue weighted by Crippen LogP contribution is -2.11. The summed E-state index contributed by atoms with van der Waals surface area (Å²) < 4.78 is 28.3. The van der Waals surface area contributed by atoms with Crippen LogP contribution in [0, 0.1) is 5.41 Å². The summed E-state index contributed by atoms with van der Waals surface area (Å²) in [5.41, 5.74) is 1.89. The zero-order chi connectivity index (χ0) is 18.5. The van der Waals surface area contributed by atoms with Gasteiger partial charge in [-0.3, -0.25) is 0 Å². The fourth-order valence-electron chi connectivity index (χ4n) is 3.67. The summed E-state index contributed by atoms with van der Waals surface area (Å²) in [6, 6.07) is 16.4. The van der Waals surface area contributed by atoms with Crippen LogP contribution in [0.5, 0.6) is 0 Å². The van der Waals surface area contributed by atoms with Crippen LogP contribution in [0.2, 0.25) is 0 Å². The Labute approximate surface area is 152 Å². The molecule has 2 N–H and O–H groups in total. The summed E-state index contributed by atoms with van der Waals surface area (Å²) in [5, 5.41) is 9.35. The number of rotatable bonds is 4. The van der Waals surface area contributed by atoms with Gasteiger partial charge in [0, 0.05) is 17.4 Å². The van der Waals surface area contributed by atoms with E-state index in [1.807, 2.05) is 42.5 Å². The largest absolute Gasteiger partial charge is 0.334 e. The van der Waals surface area contributed by atoms with Crippen LogP contribution in [0.1, 0.15) is 37.1 Å². The van der Waals surface area contributed by atoms with Gasteiger partial charge < -0.3 is 4.52 Å². The maximum absolute atomic E-state index is 11.4. The first kappa shape index (κ1) is 16.9. The number of aromatic nitrogens is 2. The van der Waals surface area contributed by atoms with Crippen molar-refractivity contribution in [1.29, 1.82) is 0 Å². The van der Waals surface area contributed by atoms with Crippen LogP contribution in [-0.4, -0.2) is 18.6 Å². The molecule has 0 aliphatic heterocycles. The molecule has 1 aromatic heterocycles. The smallest absolute Gasteiger partial charge is 0.257 e. The van der Waals surface area contributed by atoms with E-state index in [9.17, 15) is 8.42 Å². The Morgan fingerprint density at radius 2 is 1.65 bits per heavy atom. The molecule has 6 nitrogen and oxygen atoms in total. The third kappa shape index (κ3) is 2.83. The maximum atomic E-state index is 11.4. The quantitative estimate of drug-likeness (QED) is 0.761. The predicted octanol–water partition coefficient (Wildman–Crippen LogP) is 3.29. The summed E-state index contributed by atoms with van der Waals surface area (Å²) in [6.45, 7) is 4.29. The summed E-state index contributed by atoms with van der Waals surface area (Å²) in [5.74, 6) is 1.49. The fourth-order valence-corrected chi connectivity index (χ4v) is 4.18. The van der Waals surface area contributed by atoms with E-state index in [2.05, 4.69) is 24.0 Å². The van der Waals surface area contributed by atoms with Gasteiger partial charge in [-0.1, -0.05) is 49.3 Å². The minimum atomic E-state index is -3.69. The van der Waals surface area contributed by atoms with Crippen LogP contribution in [0.3, 0.4) is 0 Å². The van der Waals surface area contributed by atoms with Crippen LogP contribution in [0.25, 0.3) is 11.5 Å². The van der Waals surface area contributed by atoms with Crippen molar-refractivity contribution in [3.63, 3.8) is 0 Å². The number of hydrogen-bond acceptors (Lipinski definition) is 5. The van der Waals surface area contributed by atoms with E-state index in [-0.39, 0.29) is 22.1 Å². The normalized spacial score (nSPS) is 21.5. The van der Waals surface area contributed by atoms with E-state index in [0.29, 0.717) is 11.7 Å². The molecular weight excluding hydrogens is 350 g/mol. The lowest BCUT2D eigenvalue weighted by molar-refractivity contribution is 0.419. The molecule has 3 aromatic rings. The average Bonchev–Trinajstić information content (AvgIpc) is 2.95. The average molecular weight is 369 g/mol. The highest BCUT2D eigenvalue weighted by Gasteiger charge is 2.61. The van der Waals surface area contributed by atoms with E-state index < -0.39 is 10.0 Å². The SMILES string of the molecule is CC1(C)[C@@H](c2ccc(S(N)(=O)=O)cc2)[C@@H]1c1noc(-c2ccccc2)n1. The number of nitrogens with two attached hydrogens (primary N) is 1. The van der Waals surface area contributed by atoms with Gasteiger partial charge in [0.1, 0.15) is 0 Å². The Kier molecular flexibility index (Phi) is 3.75. The van der Waals surface area contributed by atoms with Crippen molar-refractivity contribution in [2.24, 2.45) is 10.6 Å². The molecule has 2 atom stereocenters. The van der Waals surface area contributed by atoms with Crippen LogP contribution < -0.4 is 5.14 Å². The molecule has 0 unspecified atom stereocenters. The molecule has 1 saturated carbocycles. The number of nitrogens with zero attached hydrogens (tertiary/aromatic N) is 2. The molecule has 7 heteroatoms. The summed E-state index contributed by atoms with van der Waals surface area (Å²) in [7, 11) is -3.69. The minimum absolute atomic E-state index is 0.0407. The second kappa shape index (κ2) is 5.75.